The number of pyridine rings is 1. The molecule has 1 saturated carbocycles. The summed E-state index contributed by atoms with van der Waals surface area (Å²) in [5, 5.41) is 22.1. The molecule has 40 heavy (non-hydrogen) atoms. The van der Waals surface area contributed by atoms with Crippen molar-refractivity contribution in [3.05, 3.63) is 75.5 Å². The number of benzene rings is 2. The fourth-order valence-corrected chi connectivity index (χ4v) is 5.16. The number of carboxylic acid groups (broad SMARTS) is 1. The number of carbonyl (C=O) groups is 1. The molecule has 0 saturated heterocycles. The molecule has 0 bridgehead atoms. The van der Waals surface area contributed by atoms with Crippen molar-refractivity contribution in [3.8, 4) is 28.4 Å². The lowest BCUT2D eigenvalue weighted by Crippen LogP contribution is -2.32. The number of aromatic nitrogens is 1. The number of hydrogen-bond donors (Lipinski definition) is 3. The third-order valence-electron chi connectivity index (χ3n) is 7.43. The van der Waals surface area contributed by atoms with Crippen molar-refractivity contribution in [1.29, 1.82) is 0 Å². The topological polar surface area (TPSA) is 110 Å². The average molecular weight is 553 g/mol. The van der Waals surface area contributed by atoms with Gasteiger partial charge in [0.2, 0.25) is 0 Å². The molecule has 0 spiro atoms. The molecule has 8 nitrogen and oxygen atoms in total. The van der Waals surface area contributed by atoms with Gasteiger partial charge < -0.3 is 29.6 Å². The first-order valence-electron chi connectivity index (χ1n) is 13.5. The van der Waals surface area contributed by atoms with Gasteiger partial charge in [-0.25, -0.2) is 9.18 Å². The van der Waals surface area contributed by atoms with Crippen LogP contribution in [0.25, 0.3) is 11.1 Å². The summed E-state index contributed by atoms with van der Waals surface area (Å²) in [4.78, 5) is 23.6. The lowest BCUT2D eigenvalue weighted by Gasteiger charge is -2.30. The predicted octanol–water partition coefficient (Wildman–Crippen LogP) is 6.03. The van der Waals surface area contributed by atoms with E-state index in [-0.39, 0.29) is 23.4 Å². The second kappa shape index (κ2) is 11.7. The molecule has 4 rings (SSSR count). The third-order valence-corrected chi connectivity index (χ3v) is 7.43. The molecule has 1 fully saturated rings. The van der Waals surface area contributed by atoms with E-state index < -0.39 is 11.7 Å². The summed E-state index contributed by atoms with van der Waals surface area (Å²) >= 11 is 0. The highest BCUT2D eigenvalue weighted by Crippen LogP contribution is 2.42. The van der Waals surface area contributed by atoms with E-state index in [0.29, 0.717) is 51.6 Å². The van der Waals surface area contributed by atoms with Gasteiger partial charge in [0, 0.05) is 37.0 Å². The Morgan fingerprint density at radius 2 is 1.70 bits per heavy atom. The molecule has 0 atom stereocenters. The van der Waals surface area contributed by atoms with Crippen LogP contribution < -0.4 is 20.3 Å². The molecule has 1 amide bonds. The molecule has 0 radical (unpaired) electrons. The van der Waals surface area contributed by atoms with Crippen LogP contribution >= 0.6 is 0 Å². The van der Waals surface area contributed by atoms with Gasteiger partial charge in [0.05, 0.1) is 11.7 Å². The van der Waals surface area contributed by atoms with Crippen molar-refractivity contribution >= 4 is 6.09 Å². The van der Waals surface area contributed by atoms with Gasteiger partial charge >= 0.3 is 6.09 Å². The highest BCUT2D eigenvalue weighted by molar-refractivity contribution is 5.76. The Morgan fingerprint density at radius 1 is 1.05 bits per heavy atom. The number of ether oxygens (including phenoxy) is 2. The van der Waals surface area contributed by atoms with Crippen LogP contribution in [0.3, 0.4) is 0 Å². The van der Waals surface area contributed by atoms with Gasteiger partial charge in [-0.3, -0.25) is 4.79 Å². The summed E-state index contributed by atoms with van der Waals surface area (Å²) in [7, 11) is 1.66. The largest absolute Gasteiger partial charge is 0.490 e. The Bertz CT molecular complexity index is 1430. The summed E-state index contributed by atoms with van der Waals surface area (Å²) in [5.74, 6) is 1.30. The molecule has 1 aliphatic carbocycles. The number of aryl methyl sites for hydroxylation is 3. The molecule has 1 aromatic heterocycles. The lowest BCUT2D eigenvalue weighted by molar-refractivity contribution is 0.0786. The van der Waals surface area contributed by atoms with Crippen LogP contribution in [0, 0.1) is 25.6 Å². The fourth-order valence-electron chi connectivity index (χ4n) is 5.16. The van der Waals surface area contributed by atoms with Gasteiger partial charge in [-0.15, -0.1) is 0 Å². The minimum Gasteiger partial charge on any atom is -0.490 e. The molecular formula is C31H37FN2O6. The quantitative estimate of drug-likeness (QED) is 0.315. The van der Waals surface area contributed by atoms with Gasteiger partial charge in [0.1, 0.15) is 23.1 Å². The van der Waals surface area contributed by atoms with Gasteiger partial charge in [-0.05, 0) is 100 Å². The summed E-state index contributed by atoms with van der Waals surface area (Å²) < 4.78 is 28.2. The highest BCUT2D eigenvalue weighted by atomic mass is 19.1. The van der Waals surface area contributed by atoms with E-state index in [1.807, 2.05) is 6.07 Å². The maximum atomic E-state index is 14.0. The van der Waals surface area contributed by atoms with Crippen molar-refractivity contribution in [3.63, 3.8) is 0 Å². The molecule has 214 valence electrons. The lowest BCUT2D eigenvalue weighted by atomic mass is 9.87. The minimum atomic E-state index is -1.14. The molecule has 1 aliphatic rings. The molecule has 0 unspecified atom stereocenters. The van der Waals surface area contributed by atoms with Crippen LogP contribution in [0.15, 0.2) is 47.4 Å². The fraction of sp³-hybridized carbons (Fsp3) is 0.419. The molecule has 0 aliphatic heterocycles. The summed E-state index contributed by atoms with van der Waals surface area (Å²) in [6.07, 6.45) is 3.58. The third kappa shape index (κ3) is 6.83. The number of hydrogen-bond acceptors (Lipinski definition) is 5. The maximum absolute atomic E-state index is 14.0. The van der Waals surface area contributed by atoms with Crippen LogP contribution in [0.5, 0.6) is 17.2 Å². The van der Waals surface area contributed by atoms with Gasteiger partial charge in [-0.1, -0.05) is 6.07 Å². The first kappa shape index (κ1) is 29.1. The first-order valence-corrected chi connectivity index (χ1v) is 13.5. The Kier molecular flexibility index (Phi) is 8.54. The zero-order valence-electron chi connectivity index (χ0n) is 23.6. The monoisotopic (exact) mass is 552 g/mol. The van der Waals surface area contributed by atoms with E-state index in [4.69, 9.17) is 14.6 Å². The van der Waals surface area contributed by atoms with Gasteiger partial charge in [0.15, 0.2) is 0 Å². The standard InChI is InChI=1S/C31H37FN2O6/c1-18-12-22(32)13-19(2)29(18)40-26-11-8-21(31(3,4)38)14-24(26)25-17-34(5)28(35)15-27(25)39-23-9-6-20(7-10-23)16-33-30(36)37/h8,11-15,17,20,23,33,38H,6-7,9-10,16H2,1-5H3,(H,36,37)/t20-,23-. The smallest absolute Gasteiger partial charge is 0.404 e. The Morgan fingerprint density at radius 3 is 2.30 bits per heavy atom. The molecular weight excluding hydrogens is 515 g/mol. The van der Waals surface area contributed by atoms with Crippen molar-refractivity contribution in [2.45, 2.75) is 65.1 Å². The van der Waals surface area contributed by atoms with Gasteiger partial charge in [0.25, 0.3) is 5.56 Å². The summed E-state index contributed by atoms with van der Waals surface area (Å²) in [6.45, 7) is 7.35. The summed E-state index contributed by atoms with van der Waals surface area (Å²) in [5.41, 5.74) is 1.79. The second-order valence-corrected chi connectivity index (χ2v) is 11.2. The molecule has 3 N–H and O–H groups in total. The minimum absolute atomic E-state index is 0.143. The number of rotatable bonds is 8. The number of halogens is 1. The average Bonchev–Trinajstić information content (AvgIpc) is 2.87. The first-order chi connectivity index (χ1) is 18.8. The Labute approximate surface area is 233 Å². The van der Waals surface area contributed by atoms with Crippen LogP contribution in [0.2, 0.25) is 0 Å². The molecule has 1 heterocycles. The highest BCUT2D eigenvalue weighted by Gasteiger charge is 2.26. The van der Waals surface area contributed by atoms with E-state index in [9.17, 15) is 19.1 Å². The van der Waals surface area contributed by atoms with Crippen LogP contribution in [-0.4, -0.2) is 33.5 Å². The summed E-state index contributed by atoms with van der Waals surface area (Å²) in [6, 6.07) is 9.65. The zero-order chi connectivity index (χ0) is 29.2. The van der Waals surface area contributed by atoms with Crippen LogP contribution in [-0.2, 0) is 12.6 Å². The normalized spacial score (nSPS) is 17.4. The van der Waals surface area contributed by atoms with Crippen molar-refractivity contribution in [2.24, 2.45) is 13.0 Å². The maximum Gasteiger partial charge on any atom is 0.404 e. The number of aliphatic hydroxyl groups is 1. The Hall–Kier alpha value is -3.85. The van der Waals surface area contributed by atoms with Crippen molar-refractivity contribution < 1.29 is 28.9 Å². The zero-order valence-corrected chi connectivity index (χ0v) is 23.6. The SMILES string of the molecule is Cc1cc(F)cc(C)c1Oc1ccc(C(C)(C)O)cc1-c1cn(C)c(=O)cc1O[C@H]1CC[C@H](CNC(=O)O)CC1. The molecule has 2 aromatic carbocycles. The second-order valence-electron chi connectivity index (χ2n) is 11.2. The predicted molar refractivity (Wildman–Crippen MR) is 151 cm³/mol. The van der Waals surface area contributed by atoms with Crippen LogP contribution in [0.4, 0.5) is 9.18 Å². The van der Waals surface area contributed by atoms with Crippen LogP contribution in [0.1, 0.15) is 56.2 Å². The molecule has 9 heteroatoms. The number of amides is 1. The Balaban J connectivity index is 1.73. The van der Waals surface area contributed by atoms with Crippen molar-refractivity contribution in [1.82, 2.24) is 9.88 Å². The number of nitrogens with one attached hydrogen (secondary N) is 1. The van der Waals surface area contributed by atoms with Crippen molar-refractivity contribution in [2.75, 3.05) is 6.54 Å². The van der Waals surface area contributed by atoms with E-state index in [1.165, 1.54) is 22.8 Å². The van der Waals surface area contributed by atoms with E-state index in [2.05, 4.69) is 5.32 Å². The molecule has 3 aromatic rings. The van der Waals surface area contributed by atoms with E-state index in [1.54, 1.807) is 53.1 Å². The van der Waals surface area contributed by atoms with E-state index in [0.717, 1.165) is 25.7 Å². The van der Waals surface area contributed by atoms with E-state index >= 15 is 0 Å². The van der Waals surface area contributed by atoms with Gasteiger partial charge in [-0.2, -0.15) is 0 Å². The number of nitrogens with zero attached hydrogens (tertiary/aromatic N) is 1.